The highest BCUT2D eigenvalue weighted by Gasteiger charge is 2.12. The molecule has 0 aliphatic rings. The van der Waals surface area contributed by atoms with E-state index >= 15 is 0 Å². The van der Waals surface area contributed by atoms with Gasteiger partial charge in [0, 0.05) is 17.0 Å². The Kier molecular flexibility index (Phi) is 4.74. The van der Waals surface area contributed by atoms with Gasteiger partial charge in [-0.3, -0.25) is 0 Å². The van der Waals surface area contributed by atoms with E-state index in [-0.39, 0.29) is 4.75 Å². The molecule has 0 radical (unpaired) electrons. The van der Waals surface area contributed by atoms with Gasteiger partial charge in [-0.05, 0) is 20.0 Å². The fourth-order valence-corrected chi connectivity index (χ4v) is 2.01. The third-order valence-corrected chi connectivity index (χ3v) is 3.21. The summed E-state index contributed by atoms with van der Waals surface area (Å²) >= 11 is 1.88. The minimum atomic E-state index is 0.260. The second kappa shape index (κ2) is 5.64. The minimum Gasteiger partial charge on any atom is -0.314 e. The Bertz CT molecular complexity index is 345. The Morgan fingerprint density at radius 3 is 2.56 bits per heavy atom. The summed E-state index contributed by atoms with van der Waals surface area (Å²) in [4.78, 5) is 8.99. The number of rotatable bonds is 4. The van der Waals surface area contributed by atoms with Crippen LogP contribution in [0.3, 0.4) is 0 Å². The van der Waals surface area contributed by atoms with Crippen molar-refractivity contribution in [1.29, 1.82) is 0 Å². The predicted molar refractivity (Wildman–Crippen MR) is 70.6 cm³/mol. The van der Waals surface area contributed by atoms with E-state index in [2.05, 4.69) is 36.1 Å². The number of aryl methyl sites for hydroxylation is 1. The lowest BCUT2D eigenvalue weighted by Gasteiger charge is -2.17. The zero-order valence-electron chi connectivity index (χ0n) is 10.8. The molecular weight excluding hydrogens is 218 g/mol. The second-order valence-corrected chi connectivity index (χ2v) is 6.65. The molecule has 0 aromatic carbocycles. The maximum Gasteiger partial charge on any atom is 0.138 e. The van der Waals surface area contributed by atoms with Crippen molar-refractivity contribution in [2.45, 2.75) is 44.7 Å². The standard InChI is InChI=1S/C12H21N3S/c1-9-6-10(7-13-5)15-11(14-9)8-16-12(2,3)4/h6,13H,7-8H2,1-5H3. The van der Waals surface area contributed by atoms with Gasteiger partial charge in [-0.2, -0.15) is 0 Å². The maximum absolute atomic E-state index is 4.53. The summed E-state index contributed by atoms with van der Waals surface area (Å²) in [6.45, 7) is 9.45. The summed E-state index contributed by atoms with van der Waals surface area (Å²) in [5.74, 6) is 1.81. The number of thioether (sulfide) groups is 1. The van der Waals surface area contributed by atoms with Gasteiger partial charge in [0.15, 0.2) is 0 Å². The van der Waals surface area contributed by atoms with Gasteiger partial charge in [-0.25, -0.2) is 9.97 Å². The van der Waals surface area contributed by atoms with Crippen LogP contribution in [0.15, 0.2) is 6.07 Å². The third kappa shape index (κ3) is 4.94. The Hall–Kier alpha value is -0.610. The largest absolute Gasteiger partial charge is 0.314 e. The van der Waals surface area contributed by atoms with Crippen molar-refractivity contribution in [3.8, 4) is 0 Å². The summed E-state index contributed by atoms with van der Waals surface area (Å²) in [6, 6.07) is 2.03. The summed E-state index contributed by atoms with van der Waals surface area (Å²) in [6.07, 6.45) is 0. The van der Waals surface area contributed by atoms with E-state index in [9.17, 15) is 0 Å². The van der Waals surface area contributed by atoms with Crippen LogP contribution >= 0.6 is 11.8 Å². The maximum atomic E-state index is 4.53. The van der Waals surface area contributed by atoms with Crippen LogP contribution in [-0.2, 0) is 12.3 Å². The van der Waals surface area contributed by atoms with E-state index in [0.29, 0.717) is 0 Å². The van der Waals surface area contributed by atoms with Gasteiger partial charge in [0.05, 0.1) is 11.4 Å². The number of hydrogen-bond acceptors (Lipinski definition) is 4. The first-order valence-electron chi connectivity index (χ1n) is 5.53. The molecule has 0 aliphatic carbocycles. The molecule has 0 saturated carbocycles. The molecule has 1 rings (SSSR count). The molecule has 1 heterocycles. The summed E-state index contributed by atoms with van der Waals surface area (Å²) in [5.41, 5.74) is 2.12. The fraction of sp³-hybridized carbons (Fsp3) is 0.667. The SMILES string of the molecule is CNCc1cc(C)nc(CSC(C)(C)C)n1. The van der Waals surface area contributed by atoms with E-state index in [0.717, 1.165) is 29.5 Å². The monoisotopic (exact) mass is 239 g/mol. The highest BCUT2D eigenvalue weighted by atomic mass is 32.2. The minimum absolute atomic E-state index is 0.260. The van der Waals surface area contributed by atoms with Gasteiger partial charge in [0.1, 0.15) is 5.82 Å². The molecule has 1 aromatic heterocycles. The van der Waals surface area contributed by atoms with Crippen molar-refractivity contribution in [3.05, 3.63) is 23.3 Å². The van der Waals surface area contributed by atoms with Crippen LogP contribution in [-0.4, -0.2) is 21.8 Å². The molecule has 90 valence electrons. The van der Waals surface area contributed by atoms with Crippen molar-refractivity contribution in [2.75, 3.05) is 7.05 Å². The highest BCUT2D eigenvalue weighted by Crippen LogP contribution is 2.25. The zero-order valence-corrected chi connectivity index (χ0v) is 11.6. The predicted octanol–water partition coefficient (Wildman–Crippen LogP) is 2.54. The average Bonchev–Trinajstić information content (AvgIpc) is 2.13. The van der Waals surface area contributed by atoms with Crippen molar-refractivity contribution in [2.24, 2.45) is 0 Å². The van der Waals surface area contributed by atoms with Crippen LogP contribution < -0.4 is 5.32 Å². The second-order valence-electron chi connectivity index (χ2n) is 4.85. The van der Waals surface area contributed by atoms with Gasteiger partial charge in [-0.15, -0.1) is 11.8 Å². The number of nitrogens with one attached hydrogen (secondary N) is 1. The Labute approximate surface area is 102 Å². The zero-order chi connectivity index (χ0) is 12.2. The molecule has 0 aliphatic heterocycles. The van der Waals surface area contributed by atoms with E-state index in [4.69, 9.17) is 0 Å². The topological polar surface area (TPSA) is 37.8 Å². The van der Waals surface area contributed by atoms with Crippen molar-refractivity contribution in [3.63, 3.8) is 0 Å². The molecule has 0 fully saturated rings. The molecule has 0 amide bonds. The third-order valence-electron chi connectivity index (χ3n) is 1.95. The van der Waals surface area contributed by atoms with Crippen LogP contribution in [0.2, 0.25) is 0 Å². The van der Waals surface area contributed by atoms with Crippen molar-refractivity contribution >= 4 is 11.8 Å². The lowest BCUT2D eigenvalue weighted by Crippen LogP contribution is -2.12. The van der Waals surface area contributed by atoms with E-state index in [1.165, 1.54) is 0 Å². The first kappa shape index (κ1) is 13.5. The Morgan fingerprint density at radius 2 is 2.00 bits per heavy atom. The van der Waals surface area contributed by atoms with Crippen LogP contribution in [0.5, 0.6) is 0 Å². The molecular formula is C12H21N3S. The molecule has 0 spiro atoms. The van der Waals surface area contributed by atoms with Crippen LogP contribution in [0.4, 0.5) is 0 Å². The van der Waals surface area contributed by atoms with Crippen LogP contribution in [0.25, 0.3) is 0 Å². The molecule has 1 N–H and O–H groups in total. The molecule has 0 bridgehead atoms. The van der Waals surface area contributed by atoms with Crippen LogP contribution in [0.1, 0.15) is 38.0 Å². The van der Waals surface area contributed by atoms with Gasteiger partial charge < -0.3 is 5.32 Å². The molecule has 3 nitrogen and oxygen atoms in total. The Morgan fingerprint density at radius 1 is 1.31 bits per heavy atom. The number of aromatic nitrogens is 2. The smallest absolute Gasteiger partial charge is 0.138 e. The van der Waals surface area contributed by atoms with Crippen LogP contribution in [0, 0.1) is 6.92 Å². The lowest BCUT2D eigenvalue weighted by molar-refractivity contribution is 0.769. The van der Waals surface area contributed by atoms with Gasteiger partial charge >= 0.3 is 0 Å². The molecule has 1 aromatic rings. The average molecular weight is 239 g/mol. The molecule has 0 saturated heterocycles. The summed E-state index contributed by atoms with van der Waals surface area (Å²) in [7, 11) is 1.93. The first-order valence-corrected chi connectivity index (χ1v) is 6.51. The molecule has 0 atom stereocenters. The van der Waals surface area contributed by atoms with Gasteiger partial charge in [0.2, 0.25) is 0 Å². The van der Waals surface area contributed by atoms with Crippen molar-refractivity contribution in [1.82, 2.24) is 15.3 Å². The van der Waals surface area contributed by atoms with E-state index < -0.39 is 0 Å². The quantitative estimate of drug-likeness (QED) is 0.876. The molecule has 16 heavy (non-hydrogen) atoms. The van der Waals surface area contributed by atoms with Crippen molar-refractivity contribution < 1.29 is 0 Å². The van der Waals surface area contributed by atoms with E-state index in [1.54, 1.807) is 0 Å². The molecule has 0 unspecified atom stereocenters. The highest BCUT2D eigenvalue weighted by molar-refractivity contribution is 7.99. The molecule has 4 heteroatoms. The van der Waals surface area contributed by atoms with E-state index in [1.807, 2.05) is 31.8 Å². The van der Waals surface area contributed by atoms with Gasteiger partial charge in [-0.1, -0.05) is 20.8 Å². The van der Waals surface area contributed by atoms with Gasteiger partial charge in [0.25, 0.3) is 0 Å². The normalized spacial score (nSPS) is 11.8. The first-order chi connectivity index (χ1) is 7.40. The Balaban J connectivity index is 2.72. The fourth-order valence-electron chi connectivity index (χ4n) is 1.32. The summed E-state index contributed by atoms with van der Waals surface area (Å²) < 4.78 is 0.260. The number of hydrogen-bond donors (Lipinski definition) is 1. The summed E-state index contributed by atoms with van der Waals surface area (Å²) in [5, 5.41) is 3.11. The number of nitrogens with zero attached hydrogens (tertiary/aromatic N) is 2. The lowest BCUT2D eigenvalue weighted by atomic mass is 10.3.